The number of nitrogens with one attached hydrogen (secondary N) is 3. The van der Waals surface area contributed by atoms with Crippen molar-refractivity contribution in [1.82, 2.24) is 16.4 Å². The van der Waals surface area contributed by atoms with Crippen molar-refractivity contribution in [3.8, 4) is 0 Å². The summed E-state index contributed by atoms with van der Waals surface area (Å²) in [6.45, 7) is 0. The van der Waals surface area contributed by atoms with Crippen molar-refractivity contribution in [2.75, 3.05) is 0 Å². The second-order valence-electron chi connectivity index (χ2n) is 5.37. The van der Waals surface area contributed by atoms with Gasteiger partial charge in [-0.05, 0) is 11.1 Å². The van der Waals surface area contributed by atoms with Crippen LogP contribution in [0.5, 0.6) is 0 Å². The van der Waals surface area contributed by atoms with Crippen molar-refractivity contribution in [3.63, 3.8) is 0 Å². The highest BCUT2D eigenvalue weighted by Gasteiger charge is 2.31. The number of carbonyl (C=O) groups excluding carboxylic acids is 2. The predicted molar refractivity (Wildman–Crippen MR) is 88.2 cm³/mol. The van der Waals surface area contributed by atoms with Crippen LogP contribution >= 0.6 is 0 Å². The molecule has 0 saturated heterocycles. The number of hydrogen-bond acceptors (Lipinski definition) is 5. The maximum absolute atomic E-state index is 13.9. The molecule has 0 aliphatic carbocycles. The standard InChI is InChI=1S/C14H3F8N9O2/c15-3-1(4(16)8(20)11(7(3)19)25-29-23)13(32)27-31-28-14(33)2-5(17)9(21)12(26-30-24)10(22)6(2)18/h31H,(H,27,32)(H,28,33). The molecule has 2 amide bonds. The summed E-state index contributed by atoms with van der Waals surface area (Å²) in [7, 11) is 0. The number of hydrogen-bond donors (Lipinski definition) is 3. The third-order valence-electron chi connectivity index (χ3n) is 3.58. The van der Waals surface area contributed by atoms with Crippen LogP contribution in [0.4, 0.5) is 46.5 Å². The maximum atomic E-state index is 13.9. The van der Waals surface area contributed by atoms with E-state index >= 15 is 0 Å². The highest BCUT2D eigenvalue weighted by molar-refractivity contribution is 5.96. The Balaban J connectivity index is 2.27. The molecule has 0 spiro atoms. The molecule has 11 nitrogen and oxygen atoms in total. The van der Waals surface area contributed by atoms with Crippen LogP contribution in [0.15, 0.2) is 10.2 Å². The number of amides is 2. The average Bonchev–Trinajstić information content (AvgIpc) is 2.77. The van der Waals surface area contributed by atoms with E-state index in [0.717, 1.165) is 0 Å². The van der Waals surface area contributed by atoms with Crippen molar-refractivity contribution >= 4 is 23.2 Å². The molecule has 0 bridgehead atoms. The lowest BCUT2D eigenvalue weighted by Crippen LogP contribution is -2.50. The second kappa shape index (κ2) is 9.69. The van der Waals surface area contributed by atoms with Crippen molar-refractivity contribution in [2.24, 2.45) is 10.2 Å². The van der Waals surface area contributed by atoms with E-state index < -0.39 is 80.9 Å². The molecule has 0 fully saturated rings. The van der Waals surface area contributed by atoms with Gasteiger partial charge in [-0.2, -0.15) is 0 Å². The van der Waals surface area contributed by atoms with Gasteiger partial charge in [0.15, 0.2) is 46.5 Å². The van der Waals surface area contributed by atoms with E-state index in [1.807, 2.05) is 9.82 Å². The molecule has 2 aromatic carbocycles. The van der Waals surface area contributed by atoms with Crippen LogP contribution < -0.4 is 16.4 Å². The lowest BCUT2D eigenvalue weighted by molar-refractivity contribution is 0.0863. The highest BCUT2D eigenvalue weighted by Crippen LogP contribution is 2.31. The number of halogens is 8. The molecule has 0 aromatic heterocycles. The molecule has 0 aliphatic heterocycles. The van der Waals surface area contributed by atoms with E-state index in [4.69, 9.17) is 11.1 Å². The summed E-state index contributed by atoms with van der Waals surface area (Å²) in [6.07, 6.45) is 0. The summed E-state index contributed by atoms with van der Waals surface area (Å²) in [5, 5.41) is 4.77. The lowest BCUT2D eigenvalue weighted by atomic mass is 10.1. The molecular weight excluding hydrogens is 478 g/mol. The van der Waals surface area contributed by atoms with Gasteiger partial charge in [-0.3, -0.25) is 20.4 Å². The van der Waals surface area contributed by atoms with Crippen molar-refractivity contribution < 1.29 is 44.7 Å². The number of hydrazine groups is 2. The van der Waals surface area contributed by atoms with E-state index in [1.54, 1.807) is 0 Å². The molecule has 0 aliphatic rings. The largest absolute Gasteiger partial charge is 0.272 e. The first kappa shape index (κ1) is 24.7. The van der Waals surface area contributed by atoms with Gasteiger partial charge >= 0.3 is 0 Å². The van der Waals surface area contributed by atoms with Gasteiger partial charge in [-0.1, -0.05) is 10.2 Å². The van der Waals surface area contributed by atoms with Crippen molar-refractivity contribution in [3.05, 3.63) is 78.6 Å². The topological polar surface area (TPSA) is 168 Å². The molecule has 33 heavy (non-hydrogen) atoms. The van der Waals surface area contributed by atoms with Gasteiger partial charge in [0.2, 0.25) is 0 Å². The first-order chi connectivity index (χ1) is 15.5. The van der Waals surface area contributed by atoms with E-state index in [0.29, 0.717) is 0 Å². The fraction of sp³-hybridized carbons (Fsp3) is 0. The zero-order valence-electron chi connectivity index (χ0n) is 15.0. The summed E-state index contributed by atoms with van der Waals surface area (Å²) in [5.41, 5.74) is 12.8. The Morgan fingerprint density at radius 3 is 1.09 bits per heavy atom. The van der Waals surface area contributed by atoms with E-state index in [1.165, 1.54) is 16.4 Å². The Morgan fingerprint density at radius 2 is 0.848 bits per heavy atom. The maximum Gasteiger partial charge on any atom is 0.272 e. The van der Waals surface area contributed by atoms with Gasteiger partial charge < -0.3 is 0 Å². The summed E-state index contributed by atoms with van der Waals surface area (Å²) < 4.78 is 110. The van der Waals surface area contributed by atoms with Crippen LogP contribution in [0.3, 0.4) is 0 Å². The smallest absolute Gasteiger partial charge is 0.269 e. The van der Waals surface area contributed by atoms with Gasteiger partial charge in [0.1, 0.15) is 22.5 Å². The normalized spacial score (nSPS) is 10.2. The average molecular weight is 481 g/mol. The zero-order chi connectivity index (χ0) is 25.0. The van der Waals surface area contributed by atoms with E-state index in [2.05, 4.69) is 10.2 Å². The van der Waals surface area contributed by atoms with Crippen LogP contribution in [0.1, 0.15) is 20.7 Å². The Hall–Kier alpha value is -4.60. The monoisotopic (exact) mass is 481 g/mol. The molecule has 0 unspecified atom stereocenters. The first-order valence-corrected chi connectivity index (χ1v) is 7.67. The summed E-state index contributed by atoms with van der Waals surface area (Å²) in [4.78, 5) is 27.4. The molecule has 0 saturated carbocycles. The Labute approximate surface area is 174 Å². The molecule has 0 radical (unpaired) electrons. The number of rotatable bonds is 6. The Bertz CT molecular complexity index is 1130. The van der Waals surface area contributed by atoms with Crippen LogP contribution in [-0.4, -0.2) is 11.8 Å². The van der Waals surface area contributed by atoms with Gasteiger partial charge in [0.25, 0.3) is 11.8 Å². The molecule has 0 atom stereocenters. The number of azide groups is 2. The molecule has 172 valence electrons. The van der Waals surface area contributed by atoms with Gasteiger partial charge in [0.05, 0.1) is 0 Å². The minimum Gasteiger partial charge on any atom is -0.269 e. The molecule has 3 N–H and O–H groups in total. The third-order valence-corrected chi connectivity index (χ3v) is 3.58. The molecular formula is C14H3F8N9O2. The molecule has 19 heteroatoms. The van der Waals surface area contributed by atoms with E-state index in [-0.39, 0.29) is 0 Å². The minimum atomic E-state index is -2.32. The minimum absolute atomic E-state index is 1.25. The first-order valence-electron chi connectivity index (χ1n) is 7.67. The van der Waals surface area contributed by atoms with Crippen molar-refractivity contribution in [1.29, 1.82) is 0 Å². The second-order valence-corrected chi connectivity index (χ2v) is 5.37. The van der Waals surface area contributed by atoms with Gasteiger partial charge in [0, 0.05) is 9.82 Å². The number of carbonyl (C=O) groups is 2. The van der Waals surface area contributed by atoms with Crippen LogP contribution in [-0.2, 0) is 0 Å². The summed E-state index contributed by atoms with van der Waals surface area (Å²) in [6, 6.07) is 0. The molecule has 2 rings (SSSR count). The number of nitrogens with zero attached hydrogens (tertiary/aromatic N) is 6. The Morgan fingerprint density at radius 1 is 0.576 bits per heavy atom. The fourth-order valence-corrected chi connectivity index (χ4v) is 2.17. The molecule has 0 heterocycles. The van der Waals surface area contributed by atoms with Crippen LogP contribution in [0.2, 0.25) is 0 Å². The lowest BCUT2D eigenvalue weighted by Gasteiger charge is -2.13. The van der Waals surface area contributed by atoms with Crippen LogP contribution in [0.25, 0.3) is 20.9 Å². The van der Waals surface area contributed by atoms with Gasteiger partial charge in [-0.25, -0.2) is 35.1 Å². The van der Waals surface area contributed by atoms with E-state index in [9.17, 15) is 44.7 Å². The van der Waals surface area contributed by atoms with Gasteiger partial charge in [-0.15, -0.1) is 5.53 Å². The number of benzene rings is 2. The SMILES string of the molecule is [N-]=[N+]=Nc1c(F)c(F)c(C(=O)NNNC(=O)c2c(F)c(F)c(N=[N+]=[N-])c(F)c2F)c(F)c1F. The fourth-order valence-electron chi connectivity index (χ4n) is 2.17. The van der Waals surface area contributed by atoms with Crippen molar-refractivity contribution in [2.45, 2.75) is 0 Å². The quantitative estimate of drug-likeness (QED) is 0.140. The highest BCUT2D eigenvalue weighted by atomic mass is 19.2. The summed E-state index contributed by atoms with van der Waals surface area (Å²) >= 11 is 0. The predicted octanol–water partition coefficient (Wildman–Crippen LogP) is 4.26. The summed E-state index contributed by atoms with van der Waals surface area (Å²) in [5.74, 6) is -22.3. The zero-order valence-corrected chi connectivity index (χ0v) is 15.0. The third kappa shape index (κ3) is 4.40. The Kier molecular flexibility index (Phi) is 7.24. The van der Waals surface area contributed by atoms with Crippen LogP contribution in [0, 0.1) is 46.5 Å². The molecule has 2 aromatic rings.